The molecule has 0 aliphatic rings. The van der Waals surface area contributed by atoms with Crippen LogP contribution in [0.25, 0.3) is 5.57 Å². The van der Waals surface area contributed by atoms with Gasteiger partial charge in [-0.1, -0.05) is 31.4 Å². The summed E-state index contributed by atoms with van der Waals surface area (Å²) in [6.07, 6.45) is 1.60. The van der Waals surface area contributed by atoms with E-state index in [9.17, 15) is 0 Å². The molecule has 0 atom stereocenters. The molecule has 1 rings (SSSR count). The summed E-state index contributed by atoms with van der Waals surface area (Å²) in [6.45, 7) is 7.30. The molecular formula is C10H12O3S. The first-order chi connectivity index (χ1) is 6.45. The Kier molecular flexibility index (Phi) is 3.13. The van der Waals surface area contributed by atoms with Crippen LogP contribution in [-0.4, -0.2) is 13.7 Å². The van der Waals surface area contributed by atoms with Crippen LogP contribution in [0.15, 0.2) is 48.4 Å². The Bertz CT molecular complexity index is 349. The van der Waals surface area contributed by atoms with Crippen molar-refractivity contribution >= 4 is 16.4 Å². The van der Waals surface area contributed by atoms with Crippen molar-refractivity contribution in [3.63, 3.8) is 0 Å². The van der Waals surface area contributed by atoms with E-state index in [0.29, 0.717) is 0 Å². The van der Waals surface area contributed by atoms with E-state index in [1.165, 1.54) is 12.1 Å². The van der Waals surface area contributed by atoms with Crippen molar-refractivity contribution < 1.29 is 13.7 Å². The molecule has 0 aromatic heterocycles. The van der Waals surface area contributed by atoms with Crippen molar-refractivity contribution in [1.29, 1.82) is 0 Å². The molecule has 1 aromatic rings. The normalized spacial score (nSPS) is 12.2. The van der Waals surface area contributed by atoms with E-state index in [4.69, 9.17) is 13.7 Å². The third-order valence-corrected chi connectivity index (χ3v) is 2.69. The van der Waals surface area contributed by atoms with Gasteiger partial charge in [-0.3, -0.25) is 0 Å². The molecule has 1 aromatic carbocycles. The van der Waals surface area contributed by atoms with Gasteiger partial charge >= 0.3 is 0 Å². The lowest BCUT2D eigenvalue weighted by molar-refractivity contribution is 0.376. The lowest BCUT2D eigenvalue weighted by Crippen LogP contribution is -1.95. The summed E-state index contributed by atoms with van der Waals surface area (Å²) in [5.74, 6) is 0. The fraction of sp³-hybridized carbons (Fsp3) is 0. The maximum atomic E-state index is 8.93. The summed E-state index contributed by atoms with van der Waals surface area (Å²) in [6, 6.07) is 6.17. The van der Waals surface area contributed by atoms with Gasteiger partial charge in [0.15, 0.2) is 0 Å². The molecule has 0 unspecified atom stereocenters. The minimum Gasteiger partial charge on any atom is -0.304 e. The number of rotatable bonds is 3. The van der Waals surface area contributed by atoms with Crippen LogP contribution in [0, 0.1) is 0 Å². The van der Waals surface area contributed by atoms with Gasteiger partial charge in [0, 0.05) is 0 Å². The van der Waals surface area contributed by atoms with Crippen LogP contribution < -0.4 is 0 Å². The summed E-state index contributed by atoms with van der Waals surface area (Å²) in [5.41, 5.74) is 1.57. The molecular weight excluding hydrogens is 200 g/mol. The van der Waals surface area contributed by atoms with Crippen LogP contribution >= 0.6 is 10.9 Å². The van der Waals surface area contributed by atoms with Gasteiger partial charge in [-0.25, -0.2) is 0 Å². The lowest BCUT2D eigenvalue weighted by atomic mass is 10.1. The number of allylic oxidation sites excluding steroid dienone is 2. The molecule has 0 saturated heterocycles. The minimum absolute atomic E-state index is 0.0955. The monoisotopic (exact) mass is 212 g/mol. The standard InChI is InChI=1S/C10H12O3S/c1-3-8(2)9-4-6-10(7-5-9)14(11,12)13/h3-7,11-13H,1-2H2. The van der Waals surface area contributed by atoms with Crippen molar-refractivity contribution in [2.24, 2.45) is 0 Å². The number of benzene rings is 1. The van der Waals surface area contributed by atoms with Gasteiger partial charge in [0.25, 0.3) is 0 Å². The minimum atomic E-state index is -3.61. The van der Waals surface area contributed by atoms with Crippen LogP contribution in [0.3, 0.4) is 0 Å². The highest BCUT2D eigenvalue weighted by molar-refractivity contribution is 8.19. The van der Waals surface area contributed by atoms with Crippen molar-refractivity contribution in [3.8, 4) is 0 Å². The van der Waals surface area contributed by atoms with Gasteiger partial charge < -0.3 is 13.7 Å². The van der Waals surface area contributed by atoms with Gasteiger partial charge in [-0.15, -0.1) is 0 Å². The average molecular weight is 212 g/mol. The van der Waals surface area contributed by atoms with E-state index in [2.05, 4.69) is 13.2 Å². The second-order valence-electron chi connectivity index (χ2n) is 2.77. The summed E-state index contributed by atoms with van der Waals surface area (Å²) >= 11 is 0. The molecule has 3 nitrogen and oxygen atoms in total. The van der Waals surface area contributed by atoms with Crippen LogP contribution in [0.5, 0.6) is 0 Å². The Labute approximate surface area is 84.6 Å². The average Bonchev–Trinajstić information content (AvgIpc) is 2.15. The molecule has 76 valence electrons. The van der Waals surface area contributed by atoms with Gasteiger partial charge in [-0.2, -0.15) is 0 Å². The molecule has 0 saturated carbocycles. The highest BCUT2D eigenvalue weighted by Crippen LogP contribution is 2.43. The first-order valence-electron chi connectivity index (χ1n) is 3.87. The smallest absolute Gasteiger partial charge is 0.112 e. The molecule has 0 bridgehead atoms. The summed E-state index contributed by atoms with van der Waals surface area (Å²) in [5, 5.41) is 0. The van der Waals surface area contributed by atoms with Crippen LogP contribution in [0.2, 0.25) is 0 Å². The van der Waals surface area contributed by atoms with Gasteiger partial charge in [-0.05, 0) is 23.3 Å². The third-order valence-electron chi connectivity index (χ3n) is 1.79. The summed E-state index contributed by atoms with van der Waals surface area (Å²) < 4.78 is 26.8. The van der Waals surface area contributed by atoms with E-state index in [1.807, 2.05) is 0 Å². The van der Waals surface area contributed by atoms with Crippen molar-refractivity contribution in [2.75, 3.05) is 0 Å². The topological polar surface area (TPSA) is 60.7 Å². The first-order valence-corrected chi connectivity index (χ1v) is 5.38. The summed E-state index contributed by atoms with van der Waals surface area (Å²) in [7, 11) is -3.61. The molecule has 0 heterocycles. The molecule has 3 N–H and O–H groups in total. The number of hydrogen-bond acceptors (Lipinski definition) is 3. The highest BCUT2D eigenvalue weighted by Gasteiger charge is 2.14. The van der Waals surface area contributed by atoms with E-state index in [1.54, 1.807) is 18.2 Å². The maximum Gasteiger partial charge on any atom is 0.112 e. The lowest BCUT2D eigenvalue weighted by Gasteiger charge is -2.19. The van der Waals surface area contributed by atoms with E-state index >= 15 is 0 Å². The summed E-state index contributed by atoms with van der Waals surface area (Å²) in [4.78, 5) is 0.0955. The molecule has 0 radical (unpaired) electrons. The molecule has 0 aliphatic heterocycles. The van der Waals surface area contributed by atoms with Crippen molar-refractivity contribution in [2.45, 2.75) is 4.90 Å². The maximum absolute atomic E-state index is 8.93. The largest absolute Gasteiger partial charge is 0.304 e. The zero-order valence-electron chi connectivity index (χ0n) is 7.55. The Morgan fingerprint density at radius 2 is 1.64 bits per heavy atom. The highest BCUT2D eigenvalue weighted by atomic mass is 32.3. The van der Waals surface area contributed by atoms with Gasteiger partial charge in [0.05, 0.1) is 4.90 Å². The van der Waals surface area contributed by atoms with E-state index in [0.717, 1.165) is 11.1 Å². The SMILES string of the molecule is C=CC(=C)c1ccc(S(O)(O)O)cc1. The Balaban J connectivity index is 3.00. The van der Waals surface area contributed by atoms with E-state index in [-0.39, 0.29) is 4.90 Å². The van der Waals surface area contributed by atoms with Crippen LogP contribution in [0.4, 0.5) is 0 Å². The fourth-order valence-corrected chi connectivity index (χ4v) is 1.47. The van der Waals surface area contributed by atoms with E-state index < -0.39 is 10.9 Å². The zero-order chi connectivity index (χ0) is 10.8. The molecule has 0 aliphatic carbocycles. The molecule has 0 spiro atoms. The second kappa shape index (κ2) is 3.98. The van der Waals surface area contributed by atoms with Crippen molar-refractivity contribution in [1.82, 2.24) is 0 Å². The Morgan fingerprint density at radius 3 is 2.00 bits per heavy atom. The molecule has 0 amide bonds. The quantitative estimate of drug-likeness (QED) is 0.672. The zero-order valence-corrected chi connectivity index (χ0v) is 8.37. The second-order valence-corrected chi connectivity index (χ2v) is 4.28. The molecule has 0 fully saturated rings. The van der Waals surface area contributed by atoms with Crippen LogP contribution in [-0.2, 0) is 0 Å². The Morgan fingerprint density at radius 1 is 1.14 bits per heavy atom. The number of hydrogen-bond donors (Lipinski definition) is 3. The predicted octanol–water partition coefficient (Wildman–Crippen LogP) is 3.47. The first kappa shape index (κ1) is 11.0. The predicted molar refractivity (Wildman–Crippen MR) is 59.4 cm³/mol. The van der Waals surface area contributed by atoms with Crippen LogP contribution in [0.1, 0.15) is 5.56 Å². The van der Waals surface area contributed by atoms with Gasteiger partial charge in [0.1, 0.15) is 10.9 Å². The third kappa shape index (κ3) is 2.46. The van der Waals surface area contributed by atoms with Gasteiger partial charge in [0.2, 0.25) is 0 Å². The molecule has 4 heteroatoms. The fourth-order valence-electron chi connectivity index (χ4n) is 0.969. The Hall–Kier alpha value is -1.07. The molecule has 14 heavy (non-hydrogen) atoms. The van der Waals surface area contributed by atoms with Crippen molar-refractivity contribution in [3.05, 3.63) is 49.1 Å².